The van der Waals surface area contributed by atoms with E-state index >= 15 is 0 Å². The van der Waals surface area contributed by atoms with Gasteiger partial charge in [-0.1, -0.05) is 0 Å². The minimum absolute atomic E-state index is 0.128. The molecule has 4 N–H and O–H groups in total. The lowest BCUT2D eigenvalue weighted by Gasteiger charge is -2.18. The topological polar surface area (TPSA) is 78.6 Å². The fourth-order valence-electron chi connectivity index (χ4n) is 2.10. The van der Waals surface area contributed by atoms with Crippen LogP contribution in [-0.2, 0) is 0 Å². The van der Waals surface area contributed by atoms with E-state index in [4.69, 9.17) is 5.73 Å². The first-order chi connectivity index (χ1) is 8.43. The Kier molecular flexibility index (Phi) is 3.49. The third-order valence-corrected chi connectivity index (χ3v) is 4.27. The normalized spacial score (nSPS) is 23.4. The van der Waals surface area contributed by atoms with E-state index < -0.39 is 5.60 Å². The maximum absolute atomic E-state index is 11.8. The van der Waals surface area contributed by atoms with Gasteiger partial charge in [-0.2, -0.15) is 0 Å². The van der Waals surface area contributed by atoms with Crippen LogP contribution in [0.2, 0.25) is 0 Å². The molecule has 6 heteroatoms. The van der Waals surface area contributed by atoms with Gasteiger partial charge >= 0.3 is 0 Å². The number of amides is 1. The Morgan fingerprint density at radius 2 is 2.44 bits per heavy atom. The molecule has 1 atom stereocenters. The second-order valence-corrected chi connectivity index (χ2v) is 5.93. The molecule has 0 radical (unpaired) electrons. The average molecular weight is 269 g/mol. The van der Waals surface area contributed by atoms with Gasteiger partial charge in [0, 0.05) is 19.6 Å². The molecule has 1 amide bonds. The van der Waals surface area contributed by atoms with Crippen molar-refractivity contribution >= 4 is 27.9 Å². The van der Waals surface area contributed by atoms with Crippen molar-refractivity contribution in [1.29, 1.82) is 0 Å². The van der Waals surface area contributed by atoms with Gasteiger partial charge in [-0.25, -0.2) is 0 Å². The Labute approximate surface area is 111 Å². The summed E-state index contributed by atoms with van der Waals surface area (Å²) in [4.78, 5) is 14.4. The van der Waals surface area contributed by atoms with Crippen LogP contribution in [0.5, 0.6) is 0 Å². The number of aliphatic hydroxyl groups is 1. The first-order valence-corrected chi connectivity index (χ1v) is 6.89. The van der Waals surface area contributed by atoms with Crippen LogP contribution in [-0.4, -0.2) is 36.2 Å². The Hall–Kier alpha value is -1.27. The standard InChI is InChI=1S/C12H19N3O2S/c1-3-14-11(16)10-8(13)6-9(18-10)15-5-4-12(2,17)7-15/h6,17H,3-5,7,13H2,1-2H3,(H,14,16). The van der Waals surface area contributed by atoms with Crippen molar-refractivity contribution in [2.24, 2.45) is 0 Å². The first kappa shape index (κ1) is 13.2. The lowest BCUT2D eigenvalue weighted by molar-refractivity contribution is 0.0839. The lowest BCUT2D eigenvalue weighted by Crippen LogP contribution is -2.29. The van der Waals surface area contributed by atoms with E-state index in [2.05, 4.69) is 10.2 Å². The SMILES string of the molecule is CCNC(=O)c1sc(N2CCC(C)(O)C2)cc1N. The van der Waals surface area contributed by atoms with Crippen LogP contribution < -0.4 is 16.0 Å². The van der Waals surface area contributed by atoms with Crippen molar-refractivity contribution < 1.29 is 9.90 Å². The number of nitrogen functional groups attached to an aromatic ring is 1. The molecule has 1 aliphatic rings. The smallest absolute Gasteiger partial charge is 0.263 e. The molecule has 1 saturated heterocycles. The molecule has 1 unspecified atom stereocenters. The molecule has 100 valence electrons. The second kappa shape index (κ2) is 4.78. The third-order valence-electron chi connectivity index (χ3n) is 3.05. The van der Waals surface area contributed by atoms with E-state index in [1.165, 1.54) is 11.3 Å². The summed E-state index contributed by atoms with van der Waals surface area (Å²) in [5.41, 5.74) is 5.73. The molecule has 1 aromatic heterocycles. The third kappa shape index (κ3) is 2.59. The van der Waals surface area contributed by atoms with Crippen LogP contribution in [0.3, 0.4) is 0 Å². The van der Waals surface area contributed by atoms with Gasteiger partial charge in [-0.3, -0.25) is 4.79 Å². The van der Waals surface area contributed by atoms with Gasteiger partial charge in [0.15, 0.2) is 0 Å². The summed E-state index contributed by atoms with van der Waals surface area (Å²) in [5.74, 6) is -0.128. The van der Waals surface area contributed by atoms with Gasteiger partial charge in [-0.05, 0) is 26.3 Å². The highest BCUT2D eigenvalue weighted by Crippen LogP contribution is 2.35. The van der Waals surface area contributed by atoms with Crippen molar-refractivity contribution in [3.05, 3.63) is 10.9 Å². The minimum atomic E-state index is -0.648. The van der Waals surface area contributed by atoms with E-state index in [-0.39, 0.29) is 5.91 Å². The number of carbonyl (C=O) groups is 1. The summed E-state index contributed by atoms with van der Waals surface area (Å²) in [6, 6.07) is 1.82. The summed E-state index contributed by atoms with van der Waals surface area (Å²) in [7, 11) is 0. The zero-order chi connectivity index (χ0) is 13.3. The fourth-order valence-corrected chi connectivity index (χ4v) is 3.12. The summed E-state index contributed by atoms with van der Waals surface area (Å²) in [6.07, 6.45) is 0.737. The Balaban J connectivity index is 2.17. The number of anilines is 2. The molecule has 18 heavy (non-hydrogen) atoms. The average Bonchev–Trinajstić information content (AvgIpc) is 2.82. The van der Waals surface area contributed by atoms with Gasteiger partial charge in [0.25, 0.3) is 5.91 Å². The van der Waals surface area contributed by atoms with Gasteiger partial charge in [-0.15, -0.1) is 11.3 Å². The van der Waals surface area contributed by atoms with E-state index in [0.717, 1.165) is 18.0 Å². The number of β-amino-alcohol motifs (C(OH)–C–C–N with tert-alkyl or cyclic N) is 1. The van der Waals surface area contributed by atoms with E-state index in [9.17, 15) is 9.90 Å². The predicted molar refractivity (Wildman–Crippen MR) is 74.2 cm³/mol. The number of nitrogens with one attached hydrogen (secondary N) is 1. The van der Waals surface area contributed by atoms with Crippen LogP contribution in [0.25, 0.3) is 0 Å². The van der Waals surface area contributed by atoms with Gasteiger partial charge in [0.1, 0.15) is 4.88 Å². The molecule has 0 saturated carbocycles. The highest BCUT2D eigenvalue weighted by atomic mass is 32.1. The number of carbonyl (C=O) groups excluding carboxylic acids is 1. The zero-order valence-electron chi connectivity index (χ0n) is 10.7. The molecule has 0 bridgehead atoms. The maximum atomic E-state index is 11.8. The molecule has 0 spiro atoms. The number of hydrogen-bond acceptors (Lipinski definition) is 5. The number of rotatable bonds is 3. The van der Waals surface area contributed by atoms with Crippen LogP contribution in [0.1, 0.15) is 29.9 Å². The van der Waals surface area contributed by atoms with Gasteiger partial charge in [0.2, 0.25) is 0 Å². The van der Waals surface area contributed by atoms with Crippen molar-refractivity contribution in [2.45, 2.75) is 25.9 Å². The highest BCUT2D eigenvalue weighted by molar-refractivity contribution is 7.18. The Morgan fingerprint density at radius 3 is 3.00 bits per heavy atom. The summed E-state index contributed by atoms with van der Waals surface area (Å²) < 4.78 is 0. The summed E-state index contributed by atoms with van der Waals surface area (Å²) in [5, 5.41) is 13.6. The Bertz CT molecular complexity index is 456. The zero-order valence-corrected chi connectivity index (χ0v) is 11.5. The second-order valence-electron chi connectivity index (χ2n) is 4.90. The molecule has 1 fully saturated rings. The van der Waals surface area contributed by atoms with Crippen molar-refractivity contribution in [1.82, 2.24) is 5.32 Å². The lowest BCUT2D eigenvalue weighted by atomic mass is 10.1. The molecule has 0 aliphatic carbocycles. The predicted octanol–water partition coefficient (Wildman–Crippen LogP) is 1.04. The van der Waals surface area contributed by atoms with E-state index in [1.807, 2.05) is 19.9 Å². The molecule has 2 rings (SSSR count). The maximum Gasteiger partial charge on any atom is 0.263 e. The van der Waals surface area contributed by atoms with Crippen LogP contribution in [0.15, 0.2) is 6.07 Å². The van der Waals surface area contributed by atoms with Crippen molar-refractivity contribution in [3.8, 4) is 0 Å². The van der Waals surface area contributed by atoms with E-state index in [0.29, 0.717) is 23.7 Å². The first-order valence-electron chi connectivity index (χ1n) is 6.08. The molecule has 0 aromatic carbocycles. The van der Waals surface area contributed by atoms with Crippen LogP contribution >= 0.6 is 11.3 Å². The molecule has 1 aliphatic heterocycles. The van der Waals surface area contributed by atoms with Crippen LogP contribution in [0, 0.1) is 0 Å². The fraction of sp³-hybridized carbons (Fsp3) is 0.583. The molecule has 1 aromatic rings. The summed E-state index contributed by atoms with van der Waals surface area (Å²) in [6.45, 7) is 5.67. The molecule has 2 heterocycles. The number of nitrogens with zero attached hydrogens (tertiary/aromatic N) is 1. The Morgan fingerprint density at radius 1 is 1.72 bits per heavy atom. The van der Waals surface area contributed by atoms with Gasteiger partial charge in [0.05, 0.1) is 16.3 Å². The van der Waals surface area contributed by atoms with Gasteiger partial charge < -0.3 is 21.1 Å². The largest absolute Gasteiger partial charge is 0.397 e. The number of thiophene rings is 1. The van der Waals surface area contributed by atoms with Crippen molar-refractivity contribution in [2.75, 3.05) is 30.3 Å². The molecular formula is C12H19N3O2S. The van der Waals surface area contributed by atoms with E-state index in [1.54, 1.807) is 0 Å². The molecule has 5 nitrogen and oxygen atoms in total. The number of hydrogen-bond donors (Lipinski definition) is 3. The minimum Gasteiger partial charge on any atom is -0.397 e. The van der Waals surface area contributed by atoms with Crippen molar-refractivity contribution in [3.63, 3.8) is 0 Å². The quantitative estimate of drug-likeness (QED) is 0.766. The molecular weight excluding hydrogens is 250 g/mol. The number of nitrogens with two attached hydrogens (primary N) is 1. The highest BCUT2D eigenvalue weighted by Gasteiger charge is 2.32. The summed E-state index contributed by atoms with van der Waals surface area (Å²) >= 11 is 1.38. The van der Waals surface area contributed by atoms with Crippen LogP contribution in [0.4, 0.5) is 10.7 Å². The monoisotopic (exact) mass is 269 g/mol.